The van der Waals surface area contributed by atoms with Crippen molar-refractivity contribution in [3.8, 4) is 22.3 Å². The molecule has 7 rings (SSSR count). The maximum atomic E-state index is 4.68. The molecule has 0 fully saturated rings. The van der Waals surface area contributed by atoms with Gasteiger partial charge in [-0.25, -0.2) is 0 Å². The monoisotopic (exact) mass is 504 g/mol. The molecule has 5 aromatic carbocycles. The zero-order chi connectivity index (χ0) is 25.3. The molecule has 0 spiro atoms. The summed E-state index contributed by atoms with van der Waals surface area (Å²) in [5.41, 5.74) is 9.30. The average molecular weight is 505 g/mol. The fourth-order valence-electron chi connectivity index (χ4n) is 5.04. The number of nitrogens with zero attached hydrogens (tertiary/aromatic N) is 2. The average Bonchev–Trinajstić information content (AvgIpc) is 3.37. The predicted molar refractivity (Wildman–Crippen MR) is 163 cm³/mol. The van der Waals surface area contributed by atoms with Gasteiger partial charge in [0.05, 0.1) is 10.2 Å². The van der Waals surface area contributed by atoms with Gasteiger partial charge in [-0.3, -0.25) is 4.98 Å². The molecule has 2 aromatic heterocycles. The van der Waals surface area contributed by atoms with Crippen molar-refractivity contribution < 1.29 is 0 Å². The highest BCUT2D eigenvalue weighted by molar-refractivity contribution is 7.25. The molecule has 0 aliphatic rings. The van der Waals surface area contributed by atoms with Gasteiger partial charge in [-0.05, 0) is 76.9 Å². The second kappa shape index (κ2) is 9.62. The van der Waals surface area contributed by atoms with Crippen LogP contribution in [0.2, 0.25) is 0 Å². The Morgan fingerprint density at radius 3 is 1.68 bits per heavy atom. The Labute approximate surface area is 226 Å². The summed E-state index contributed by atoms with van der Waals surface area (Å²) in [5, 5.41) is 1.19. The Balaban J connectivity index is 1.27. The lowest BCUT2D eigenvalue weighted by Crippen LogP contribution is -2.09. The van der Waals surface area contributed by atoms with E-state index < -0.39 is 0 Å². The van der Waals surface area contributed by atoms with Crippen LogP contribution in [0.5, 0.6) is 0 Å². The van der Waals surface area contributed by atoms with Crippen LogP contribution in [0, 0.1) is 0 Å². The highest BCUT2D eigenvalue weighted by Crippen LogP contribution is 2.40. The Bertz CT molecular complexity index is 1840. The minimum Gasteiger partial charge on any atom is -0.310 e. The van der Waals surface area contributed by atoms with Gasteiger partial charge in [-0.15, -0.1) is 11.3 Å². The lowest BCUT2D eigenvalue weighted by molar-refractivity contribution is 1.29. The van der Waals surface area contributed by atoms with E-state index in [0.29, 0.717) is 0 Å². The van der Waals surface area contributed by atoms with E-state index in [1.807, 2.05) is 12.3 Å². The van der Waals surface area contributed by atoms with Gasteiger partial charge in [0.2, 0.25) is 0 Å². The van der Waals surface area contributed by atoms with Crippen LogP contribution in [0.1, 0.15) is 0 Å². The maximum Gasteiger partial charge on any atom is 0.0889 e. The fourth-order valence-corrected chi connectivity index (χ4v) is 6.08. The van der Waals surface area contributed by atoms with Crippen LogP contribution >= 0.6 is 11.3 Å². The highest BCUT2D eigenvalue weighted by atomic mass is 32.1. The summed E-state index contributed by atoms with van der Waals surface area (Å²) in [5.74, 6) is 0. The molecule has 0 unspecified atom stereocenters. The topological polar surface area (TPSA) is 16.1 Å². The quantitative estimate of drug-likeness (QED) is 0.232. The number of rotatable bonds is 5. The van der Waals surface area contributed by atoms with Crippen molar-refractivity contribution in [2.75, 3.05) is 4.90 Å². The zero-order valence-corrected chi connectivity index (χ0v) is 21.5. The zero-order valence-electron chi connectivity index (χ0n) is 20.7. The summed E-state index contributed by atoms with van der Waals surface area (Å²) in [6.07, 6.45) is 1.88. The molecular formula is C35H24N2S. The summed E-state index contributed by atoms with van der Waals surface area (Å²) in [6, 6.07) is 49.5. The Hall–Kier alpha value is -4.73. The second-order valence-electron chi connectivity index (χ2n) is 9.29. The van der Waals surface area contributed by atoms with Crippen LogP contribution in [0.3, 0.4) is 0 Å². The molecule has 0 saturated heterocycles. The van der Waals surface area contributed by atoms with Crippen molar-refractivity contribution in [1.82, 2.24) is 4.98 Å². The number of para-hydroxylation sites is 1. The predicted octanol–water partition coefficient (Wildman–Crippen LogP) is 10.3. The van der Waals surface area contributed by atoms with Crippen LogP contribution in [0.25, 0.3) is 42.6 Å². The third-order valence-electron chi connectivity index (χ3n) is 6.93. The van der Waals surface area contributed by atoms with Gasteiger partial charge in [0.25, 0.3) is 0 Å². The van der Waals surface area contributed by atoms with E-state index >= 15 is 0 Å². The van der Waals surface area contributed by atoms with E-state index in [0.717, 1.165) is 22.6 Å². The summed E-state index contributed by atoms with van der Waals surface area (Å²) in [7, 11) is 0. The van der Waals surface area contributed by atoms with Gasteiger partial charge >= 0.3 is 0 Å². The SMILES string of the molecule is c1ccc(-c2ccc(-c3ccc(N(c4ccccc4)c4ccc5sc6cccnc6c5c4)cc3)cc2)cc1. The lowest BCUT2D eigenvalue weighted by atomic mass is 10.00. The Morgan fingerprint density at radius 2 is 1.00 bits per heavy atom. The number of fused-ring (bicyclic) bond motifs is 3. The van der Waals surface area contributed by atoms with Gasteiger partial charge in [-0.2, -0.15) is 0 Å². The minimum atomic E-state index is 1.07. The number of pyridine rings is 1. The molecule has 3 heteroatoms. The first-order chi connectivity index (χ1) is 18.8. The molecule has 0 aliphatic carbocycles. The second-order valence-corrected chi connectivity index (χ2v) is 10.4. The first-order valence-corrected chi connectivity index (χ1v) is 13.5. The minimum absolute atomic E-state index is 1.07. The number of anilines is 3. The van der Waals surface area contributed by atoms with Gasteiger partial charge in [0, 0.05) is 33.3 Å². The van der Waals surface area contributed by atoms with E-state index in [2.05, 4.69) is 143 Å². The van der Waals surface area contributed by atoms with Crippen molar-refractivity contribution in [2.24, 2.45) is 0 Å². The van der Waals surface area contributed by atoms with Crippen molar-refractivity contribution in [1.29, 1.82) is 0 Å². The van der Waals surface area contributed by atoms with Gasteiger partial charge in [0.15, 0.2) is 0 Å². The molecule has 0 aliphatic heterocycles. The van der Waals surface area contributed by atoms with Crippen LogP contribution in [-0.4, -0.2) is 4.98 Å². The third kappa shape index (κ3) is 4.13. The number of benzene rings is 5. The van der Waals surface area contributed by atoms with Crippen LogP contribution in [0.4, 0.5) is 17.1 Å². The smallest absolute Gasteiger partial charge is 0.0889 e. The normalized spacial score (nSPS) is 11.2. The van der Waals surface area contributed by atoms with Crippen molar-refractivity contribution in [3.05, 3.63) is 146 Å². The molecular weight excluding hydrogens is 480 g/mol. The van der Waals surface area contributed by atoms with Crippen molar-refractivity contribution in [3.63, 3.8) is 0 Å². The molecule has 0 atom stereocenters. The molecule has 0 N–H and O–H groups in total. The molecule has 0 bridgehead atoms. The van der Waals surface area contributed by atoms with Crippen molar-refractivity contribution >= 4 is 48.7 Å². The molecule has 2 nitrogen and oxygen atoms in total. The molecule has 0 radical (unpaired) electrons. The third-order valence-corrected chi connectivity index (χ3v) is 8.06. The van der Waals surface area contributed by atoms with E-state index in [9.17, 15) is 0 Å². The van der Waals surface area contributed by atoms with Crippen LogP contribution < -0.4 is 4.90 Å². The van der Waals surface area contributed by atoms with Crippen LogP contribution in [0.15, 0.2) is 146 Å². The van der Waals surface area contributed by atoms with Crippen LogP contribution in [-0.2, 0) is 0 Å². The largest absolute Gasteiger partial charge is 0.310 e. The first kappa shape index (κ1) is 22.5. The Kier molecular flexibility index (Phi) is 5.69. The van der Waals surface area contributed by atoms with E-state index in [1.165, 1.54) is 37.0 Å². The molecule has 0 amide bonds. The maximum absolute atomic E-state index is 4.68. The standard InChI is InChI=1S/C35H24N2S/c1-3-8-25(9-4-1)26-13-15-27(16-14-26)28-17-19-30(20-18-28)37(29-10-5-2-6-11-29)31-21-22-33-32(24-31)35-34(38-33)12-7-23-36-35/h1-24H. The molecule has 2 heterocycles. The molecule has 180 valence electrons. The molecule has 0 saturated carbocycles. The highest BCUT2D eigenvalue weighted by Gasteiger charge is 2.15. The van der Waals surface area contributed by atoms with E-state index in [4.69, 9.17) is 0 Å². The summed E-state index contributed by atoms with van der Waals surface area (Å²) >= 11 is 1.79. The summed E-state index contributed by atoms with van der Waals surface area (Å²) < 4.78 is 2.47. The number of thiophene rings is 1. The van der Waals surface area contributed by atoms with Gasteiger partial charge < -0.3 is 4.90 Å². The van der Waals surface area contributed by atoms with Gasteiger partial charge in [-0.1, -0.05) is 84.9 Å². The fraction of sp³-hybridized carbons (Fsp3) is 0. The van der Waals surface area contributed by atoms with E-state index in [-0.39, 0.29) is 0 Å². The van der Waals surface area contributed by atoms with Gasteiger partial charge in [0.1, 0.15) is 0 Å². The Morgan fingerprint density at radius 1 is 0.447 bits per heavy atom. The lowest BCUT2D eigenvalue weighted by Gasteiger charge is -2.25. The number of hydrogen-bond acceptors (Lipinski definition) is 3. The summed E-state index contributed by atoms with van der Waals surface area (Å²) in [6.45, 7) is 0. The number of hydrogen-bond donors (Lipinski definition) is 0. The number of aromatic nitrogens is 1. The van der Waals surface area contributed by atoms with E-state index in [1.54, 1.807) is 11.3 Å². The van der Waals surface area contributed by atoms with Crippen molar-refractivity contribution in [2.45, 2.75) is 0 Å². The molecule has 38 heavy (non-hydrogen) atoms. The summed E-state index contributed by atoms with van der Waals surface area (Å²) in [4.78, 5) is 6.99. The molecule has 7 aromatic rings. The first-order valence-electron chi connectivity index (χ1n) is 12.7.